The van der Waals surface area contributed by atoms with E-state index in [0.29, 0.717) is 18.0 Å². The molecule has 20 heavy (non-hydrogen) atoms. The van der Waals surface area contributed by atoms with Gasteiger partial charge < -0.3 is 21.1 Å². The van der Waals surface area contributed by atoms with Crippen LogP contribution in [0.5, 0.6) is 5.75 Å². The smallest absolute Gasteiger partial charge is 0.262 e. The van der Waals surface area contributed by atoms with E-state index in [0.717, 1.165) is 5.56 Å². The summed E-state index contributed by atoms with van der Waals surface area (Å²) in [5.41, 5.74) is 7.00. The van der Waals surface area contributed by atoms with Crippen LogP contribution in [0, 0.1) is 5.92 Å². The Morgan fingerprint density at radius 1 is 1.50 bits per heavy atom. The SMILES string of the molecule is CC(CN)C(=O)NC(C)c1ccc2c(c1)NC(=O)CO2. The van der Waals surface area contributed by atoms with Gasteiger partial charge >= 0.3 is 0 Å². The number of fused-ring (bicyclic) bond motifs is 1. The molecule has 4 N–H and O–H groups in total. The summed E-state index contributed by atoms with van der Waals surface area (Å²) in [4.78, 5) is 23.1. The summed E-state index contributed by atoms with van der Waals surface area (Å²) in [7, 11) is 0. The van der Waals surface area contributed by atoms with E-state index in [2.05, 4.69) is 10.6 Å². The summed E-state index contributed by atoms with van der Waals surface area (Å²) >= 11 is 0. The molecule has 0 aromatic heterocycles. The Morgan fingerprint density at radius 3 is 2.95 bits per heavy atom. The van der Waals surface area contributed by atoms with Gasteiger partial charge in [0.1, 0.15) is 5.75 Å². The number of rotatable bonds is 4. The number of anilines is 1. The number of nitrogens with two attached hydrogens (primary N) is 1. The van der Waals surface area contributed by atoms with Gasteiger partial charge in [-0.25, -0.2) is 0 Å². The molecule has 0 spiro atoms. The van der Waals surface area contributed by atoms with Crippen LogP contribution in [0.25, 0.3) is 0 Å². The van der Waals surface area contributed by atoms with Crippen molar-refractivity contribution in [3.63, 3.8) is 0 Å². The van der Waals surface area contributed by atoms with Gasteiger partial charge in [-0.15, -0.1) is 0 Å². The minimum atomic E-state index is -0.224. The zero-order valence-corrected chi connectivity index (χ0v) is 11.6. The summed E-state index contributed by atoms with van der Waals surface area (Å²) in [5, 5.41) is 5.64. The maximum atomic E-state index is 11.8. The molecule has 1 aliphatic rings. The van der Waals surface area contributed by atoms with Crippen molar-refractivity contribution in [2.24, 2.45) is 11.7 Å². The van der Waals surface area contributed by atoms with Crippen LogP contribution < -0.4 is 21.1 Å². The van der Waals surface area contributed by atoms with Crippen molar-refractivity contribution >= 4 is 17.5 Å². The van der Waals surface area contributed by atoms with E-state index < -0.39 is 0 Å². The Morgan fingerprint density at radius 2 is 2.25 bits per heavy atom. The zero-order valence-electron chi connectivity index (χ0n) is 11.6. The lowest BCUT2D eigenvalue weighted by Crippen LogP contribution is -2.35. The lowest BCUT2D eigenvalue weighted by Gasteiger charge is -2.21. The molecule has 6 nitrogen and oxygen atoms in total. The lowest BCUT2D eigenvalue weighted by atomic mass is 10.1. The van der Waals surface area contributed by atoms with Gasteiger partial charge in [0, 0.05) is 12.5 Å². The third-order valence-corrected chi connectivity index (χ3v) is 3.30. The molecule has 2 rings (SSSR count). The van der Waals surface area contributed by atoms with Crippen molar-refractivity contribution in [1.29, 1.82) is 0 Å². The number of hydrogen-bond acceptors (Lipinski definition) is 4. The zero-order chi connectivity index (χ0) is 14.7. The maximum absolute atomic E-state index is 11.8. The van der Waals surface area contributed by atoms with Crippen LogP contribution >= 0.6 is 0 Å². The van der Waals surface area contributed by atoms with E-state index in [-0.39, 0.29) is 30.4 Å². The first-order chi connectivity index (χ1) is 9.51. The van der Waals surface area contributed by atoms with Gasteiger partial charge in [-0.3, -0.25) is 9.59 Å². The maximum Gasteiger partial charge on any atom is 0.262 e. The minimum Gasteiger partial charge on any atom is -0.482 e. The van der Waals surface area contributed by atoms with Gasteiger partial charge in [0.25, 0.3) is 5.91 Å². The van der Waals surface area contributed by atoms with Gasteiger partial charge in [-0.1, -0.05) is 13.0 Å². The van der Waals surface area contributed by atoms with E-state index >= 15 is 0 Å². The molecule has 108 valence electrons. The largest absolute Gasteiger partial charge is 0.482 e. The first kappa shape index (κ1) is 14.3. The molecule has 0 saturated heterocycles. The summed E-state index contributed by atoms with van der Waals surface area (Å²) < 4.78 is 5.29. The van der Waals surface area contributed by atoms with Crippen LogP contribution in [0.15, 0.2) is 18.2 Å². The molecule has 1 heterocycles. The van der Waals surface area contributed by atoms with E-state index in [1.54, 1.807) is 13.0 Å². The molecule has 0 aliphatic carbocycles. The van der Waals surface area contributed by atoms with Crippen molar-refractivity contribution in [3.05, 3.63) is 23.8 Å². The molecule has 2 atom stereocenters. The van der Waals surface area contributed by atoms with E-state index in [9.17, 15) is 9.59 Å². The fraction of sp³-hybridized carbons (Fsp3) is 0.429. The molecule has 1 aromatic rings. The Kier molecular flexibility index (Phi) is 4.24. The molecular weight excluding hydrogens is 258 g/mol. The fourth-order valence-electron chi connectivity index (χ4n) is 1.92. The molecule has 2 unspecified atom stereocenters. The van der Waals surface area contributed by atoms with Crippen molar-refractivity contribution in [3.8, 4) is 5.75 Å². The molecule has 0 radical (unpaired) electrons. The number of ether oxygens (including phenoxy) is 1. The molecular formula is C14H19N3O3. The van der Waals surface area contributed by atoms with Crippen LogP contribution in [-0.4, -0.2) is 25.0 Å². The fourth-order valence-corrected chi connectivity index (χ4v) is 1.92. The first-order valence-electron chi connectivity index (χ1n) is 6.58. The lowest BCUT2D eigenvalue weighted by molar-refractivity contribution is -0.124. The first-order valence-corrected chi connectivity index (χ1v) is 6.58. The van der Waals surface area contributed by atoms with Crippen molar-refractivity contribution < 1.29 is 14.3 Å². The Balaban J connectivity index is 2.11. The summed E-state index contributed by atoms with van der Waals surface area (Å²) in [6.45, 7) is 4.01. The van der Waals surface area contributed by atoms with Crippen LogP contribution in [-0.2, 0) is 9.59 Å². The number of nitrogens with one attached hydrogen (secondary N) is 2. The highest BCUT2D eigenvalue weighted by Crippen LogP contribution is 2.30. The van der Waals surface area contributed by atoms with Crippen LogP contribution in [0.3, 0.4) is 0 Å². The Hall–Kier alpha value is -2.08. The van der Waals surface area contributed by atoms with Crippen molar-refractivity contribution in [1.82, 2.24) is 5.32 Å². The van der Waals surface area contributed by atoms with E-state index in [4.69, 9.17) is 10.5 Å². The Bertz CT molecular complexity index is 530. The highest BCUT2D eigenvalue weighted by molar-refractivity contribution is 5.95. The average molecular weight is 277 g/mol. The second-order valence-electron chi connectivity index (χ2n) is 4.96. The van der Waals surface area contributed by atoms with E-state index in [1.165, 1.54) is 0 Å². The third-order valence-electron chi connectivity index (χ3n) is 3.30. The molecule has 0 saturated carbocycles. The molecule has 6 heteroatoms. The van der Waals surface area contributed by atoms with Gasteiger partial charge in [0.15, 0.2) is 6.61 Å². The quantitative estimate of drug-likeness (QED) is 0.758. The van der Waals surface area contributed by atoms with Gasteiger partial charge in [0.2, 0.25) is 5.91 Å². The molecule has 1 aromatic carbocycles. The number of amides is 2. The predicted molar refractivity (Wildman–Crippen MR) is 75.3 cm³/mol. The summed E-state index contributed by atoms with van der Waals surface area (Å²) in [6.07, 6.45) is 0. The summed E-state index contributed by atoms with van der Waals surface area (Å²) in [6, 6.07) is 5.30. The van der Waals surface area contributed by atoms with Gasteiger partial charge in [-0.2, -0.15) is 0 Å². The molecule has 0 bridgehead atoms. The second-order valence-corrected chi connectivity index (χ2v) is 4.96. The summed E-state index contributed by atoms with van der Waals surface area (Å²) in [5.74, 6) is 0.154. The number of carbonyl (C=O) groups excluding carboxylic acids is 2. The normalized spacial score (nSPS) is 16.4. The highest BCUT2D eigenvalue weighted by Gasteiger charge is 2.19. The molecule has 1 aliphatic heterocycles. The third kappa shape index (κ3) is 3.08. The number of carbonyl (C=O) groups is 2. The van der Waals surface area contributed by atoms with Crippen LogP contribution in [0.1, 0.15) is 25.5 Å². The minimum absolute atomic E-state index is 0.0344. The van der Waals surface area contributed by atoms with Gasteiger partial charge in [-0.05, 0) is 24.6 Å². The highest BCUT2D eigenvalue weighted by atomic mass is 16.5. The molecule has 0 fully saturated rings. The van der Waals surface area contributed by atoms with Crippen LogP contribution in [0.2, 0.25) is 0 Å². The number of benzene rings is 1. The van der Waals surface area contributed by atoms with Gasteiger partial charge in [0.05, 0.1) is 11.7 Å². The number of hydrogen-bond donors (Lipinski definition) is 3. The van der Waals surface area contributed by atoms with E-state index in [1.807, 2.05) is 19.1 Å². The Labute approximate surface area is 117 Å². The monoisotopic (exact) mass is 277 g/mol. The average Bonchev–Trinajstić information content (AvgIpc) is 2.45. The van der Waals surface area contributed by atoms with Crippen LogP contribution in [0.4, 0.5) is 5.69 Å². The van der Waals surface area contributed by atoms with Crippen molar-refractivity contribution in [2.75, 3.05) is 18.5 Å². The topological polar surface area (TPSA) is 93.5 Å². The molecule has 2 amide bonds. The second kappa shape index (κ2) is 5.92. The standard InChI is InChI=1S/C14H19N3O3/c1-8(6-15)14(19)16-9(2)10-3-4-12-11(5-10)17-13(18)7-20-12/h3-5,8-9H,6-7,15H2,1-2H3,(H,16,19)(H,17,18). The predicted octanol–water partition coefficient (Wildman–Crippen LogP) is 0.789. The van der Waals surface area contributed by atoms with Crippen molar-refractivity contribution in [2.45, 2.75) is 19.9 Å².